The van der Waals surface area contributed by atoms with Gasteiger partial charge in [0.25, 0.3) is 0 Å². The summed E-state index contributed by atoms with van der Waals surface area (Å²) in [5.74, 6) is 0.0335. The second-order valence-corrected chi connectivity index (χ2v) is 13.8. The molecule has 1 fully saturated rings. The topological polar surface area (TPSA) is 105 Å². The molecule has 3 aromatic rings. The normalized spacial score (nSPS) is 15.4. The number of carbonyl (C=O) groups is 2. The summed E-state index contributed by atoms with van der Waals surface area (Å²) in [7, 11) is -3.93. The number of rotatable bonds is 11. The Labute approximate surface area is 268 Å². The van der Waals surface area contributed by atoms with Gasteiger partial charge in [-0.05, 0) is 48.2 Å². The number of anilines is 1. The Kier molecular flexibility index (Phi) is 10.2. The van der Waals surface area contributed by atoms with Crippen molar-refractivity contribution in [3.8, 4) is 11.5 Å². The van der Waals surface area contributed by atoms with Gasteiger partial charge in [0, 0.05) is 25.1 Å². The lowest BCUT2D eigenvalue weighted by molar-refractivity contribution is -0.140. The van der Waals surface area contributed by atoms with Gasteiger partial charge >= 0.3 is 0 Å². The van der Waals surface area contributed by atoms with E-state index < -0.39 is 28.5 Å². The van der Waals surface area contributed by atoms with Crippen molar-refractivity contribution in [3.05, 3.63) is 87.9 Å². The van der Waals surface area contributed by atoms with Gasteiger partial charge in [0.2, 0.25) is 21.8 Å². The SMILES string of the molecule is CS(=O)(=O)N(CC(=O)N(Cc1ccc(Cl)c(Cl)c1)C(Cc1ccccc1)C(=O)NC1CCCC1)c1ccc2c(c1)OCCO2. The standard InChI is InChI=1S/C32H35Cl2N3O6S/c1-44(40,41)37(25-12-14-29-30(19-25)43-16-15-42-29)21-31(38)36(20-23-11-13-26(33)27(34)17-23)28(18-22-7-3-2-4-8-22)32(39)35-24-9-5-6-10-24/h2-4,7-8,11-14,17,19,24,28H,5-6,9-10,15-16,18,20-21H2,1H3,(H,35,39). The molecule has 1 N–H and O–H groups in total. The second kappa shape index (κ2) is 14.1. The van der Waals surface area contributed by atoms with Crippen LogP contribution in [0.2, 0.25) is 10.0 Å². The molecule has 0 aromatic heterocycles. The molecule has 2 aliphatic rings. The minimum absolute atomic E-state index is 0.00402. The van der Waals surface area contributed by atoms with E-state index >= 15 is 0 Å². The van der Waals surface area contributed by atoms with Gasteiger partial charge in [0.1, 0.15) is 25.8 Å². The minimum Gasteiger partial charge on any atom is -0.486 e. The first-order valence-electron chi connectivity index (χ1n) is 14.5. The maximum Gasteiger partial charge on any atom is 0.244 e. The third kappa shape index (κ3) is 7.97. The number of carbonyl (C=O) groups excluding carboxylic acids is 2. The molecule has 12 heteroatoms. The molecular weight excluding hydrogens is 625 g/mol. The average molecular weight is 661 g/mol. The van der Waals surface area contributed by atoms with Crippen LogP contribution in [0.25, 0.3) is 0 Å². The molecule has 1 aliphatic heterocycles. The molecular formula is C32H35Cl2N3O6S. The summed E-state index contributed by atoms with van der Waals surface area (Å²) in [5.41, 5.74) is 1.75. The summed E-state index contributed by atoms with van der Waals surface area (Å²) < 4.78 is 38.5. The van der Waals surface area contributed by atoms with E-state index in [4.69, 9.17) is 32.7 Å². The number of hydrogen-bond acceptors (Lipinski definition) is 6. The average Bonchev–Trinajstić information content (AvgIpc) is 3.52. The van der Waals surface area contributed by atoms with Crippen LogP contribution in [-0.4, -0.2) is 63.2 Å². The van der Waals surface area contributed by atoms with Crippen molar-refractivity contribution in [1.29, 1.82) is 0 Å². The van der Waals surface area contributed by atoms with Gasteiger partial charge in [-0.1, -0.05) is 72.4 Å². The summed E-state index contributed by atoms with van der Waals surface area (Å²) in [5, 5.41) is 3.81. The van der Waals surface area contributed by atoms with Crippen LogP contribution < -0.4 is 19.1 Å². The number of fused-ring (bicyclic) bond motifs is 1. The van der Waals surface area contributed by atoms with Gasteiger partial charge < -0.3 is 19.7 Å². The third-order valence-corrected chi connectivity index (χ3v) is 9.68. The Morgan fingerprint density at radius 2 is 1.61 bits per heavy atom. The van der Waals surface area contributed by atoms with E-state index in [1.54, 1.807) is 36.4 Å². The highest BCUT2D eigenvalue weighted by Crippen LogP contribution is 2.35. The van der Waals surface area contributed by atoms with Crippen LogP contribution in [0, 0.1) is 0 Å². The van der Waals surface area contributed by atoms with Crippen LogP contribution in [0.15, 0.2) is 66.7 Å². The quantitative estimate of drug-likeness (QED) is 0.302. The van der Waals surface area contributed by atoms with Crippen molar-refractivity contribution in [3.63, 3.8) is 0 Å². The summed E-state index contributed by atoms with van der Waals surface area (Å²) >= 11 is 12.5. The van der Waals surface area contributed by atoms with E-state index in [1.165, 1.54) is 4.90 Å². The van der Waals surface area contributed by atoms with Crippen LogP contribution in [0.1, 0.15) is 36.8 Å². The van der Waals surface area contributed by atoms with Crippen molar-refractivity contribution in [2.45, 2.75) is 50.7 Å². The zero-order valence-corrected chi connectivity index (χ0v) is 26.7. The zero-order valence-electron chi connectivity index (χ0n) is 24.4. The monoisotopic (exact) mass is 659 g/mol. The molecule has 234 valence electrons. The number of amides is 2. The Bertz CT molecular complexity index is 1600. The van der Waals surface area contributed by atoms with Crippen molar-refractivity contribution in [2.75, 3.05) is 30.3 Å². The first kappa shape index (κ1) is 31.9. The molecule has 0 radical (unpaired) electrons. The Morgan fingerprint density at radius 1 is 0.909 bits per heavy atom. The third-order valence-electron chi connectivity index (χ3n) is 7.80. The Balaban J connectivity index is 1.51. The summed E-state index contributed by atoms with van der Waals surface area (Å²) in [6.07, 6.45) is 5.06. The molecule has 1 atom stereocenters. The van der Waals surface area contributed by atoms with Gasteiger partial charge in [0.15, 0.2) is 11.5 Å². The van der Waals surface area contributed by atoms with Gasteiger partial charge in [-0.25, -0.2) is 8.42 Å². The predicted molar refractivity (Wildman–Crippen MR) is 171 cm³/mol. The molecule has 44 heavy (non-hydrogen) atoms. The van der Waals surface area contributed by atoms with E-state index in [9.17, 15) is 18.0 Å². The molecule has 9 nitrogen and oxygen atoms in total. The molecule has 1 unspecified atom stereocenters. The molecule has 1 aliphatic carbocycles. The highest BCUT2D eigenvalue weighted by molar-refractivity contribution is 7.92. The molecule has 0 bridgehead atoms. The van der Waals surface area contributed by atoms with Crippen LogP contribution in [0.5, 0.6) is 11.5 Å². The van der Waals surface area contributed by atoms with Crippen molar-refractivity contribution in [1.82, 2.24) is 10.2 Å². The Hall–Kier alpha value is -3.47. The molecule has 3 aromatic carbocycles. The lowest BCUT2D eigenvalue weighted by atomic mass is 10.0. The number of ether oxygens (including phenoxy) is 2. The zero-order chi connectivity index (χ0) is 31.3. The lowest BCUT2D eigenvalue weighted by Gasteiger charge is -2.34. The molecule has 1 saturated carbocycles. The first-order chi connectivity index (χ1) is 21.1. The van der Waals surface area contributed by atoms with Crippen molar-refractivity contribution < 1.29 is 27.5 Å². The predicted octanol–water partition coefficient (Wildman–Crippen LogP) is 5.23. The van der Waals surface area contributed by atoms with Gasteiger partial charge in [-0.3, -0.25) is 13.9 Å². The Morgan fingerprint density at radius 3 is 2.30 bits per heavy atom. The van der Waals surface area contributed by atoms with E-state index in [0.29, 0.717) is 40.3 Å². The van der Waals surface area contributed by atoms with Gasteiger partial charge in [-0.15, -0.1) is 0 Å². The van der Waals surface area contributed by atoms with E-state index in [1.807, 2.05) is 30.3 Å². The smallest absolute Gasteiger partial charge is 0.244 e. The molecule has 1 heterocycles. The second-order valence-electron chi connectivity index (χ2n) is 11.1. The number of nitrogens with zero attached hydrogens (tertiary/aromatic N) is 2. The van der Waals surface area contributed by atoms with E-state index in [0.717, 1.165) is 41.8 Å². The number of nitrogens with one attached hydrogen (secondary N) is 1. The number of benzene rings is 3. The van der Waals surface area contributed by atoms with E-state index in [-0.39, 0.29) is 30.6 Å². The lowest BCUT2D eigenvalue weighted by Crippen LogP contribution is -2.54. The number of sulfonamides is 1. The molecule has 0 saturated heterocycles. The molecule has 2 amide bonds. The van der Waals surface area contributed by atoms with Gasteiger partial charge in [-0.2, -0.15) is 0 Å². The number of hydrogen-bond donors (Lipinski definition) is 1. The van der Waals surface area contributed by atoms with E-state index in [2.05, 4.69) is 5.32 Å². The highest BCUT2D eigenvalue weighted by atomic mass is 35.5. The minimum atomic E-state index is -3.93. The first-order valence-corrected chi connectivity index (χ1v) is 17.1. The van der Waals surface area contributed by atoms with Crippen LogP contribution in [-0.2, 0) is 32.6 Å². The number of halogens is 2. The van der Waals surface area contributed by atoms with Crippen LogP contribution in [0.4, 0.5) is 5.69 Å². The summed E-state index contributed by atoms with van der Waals surface area (Å²) in [6.45, 7) is 0.171. The fraction of sp³-hybridized carbons (Fsp3) is 0.375. The van der Waals surface area contributed by atoms with Crippen molar-refractivity contribution >= 4 is 50.7 Å². The highest BCUT2D eigenvalue weighted by Gasteiger charge is 2.34. The van der Waals surface area contributed by atoms with Crippen molar-refractivity contribution in [2.24, 2.45) is 0 Å². The summed E-state index contributed by atoms with van der Waals surface area (Å²) in [4.78, 5) is 29.7. The van der Waals surface area contributed by atoms with Crippen LogP contribution >= 0.6 is 23.2 Å². The van der Waals surface area contributed by atoms with Crippen LogP contribution in [0.3, 0.4) is 0 Å². The largest absolute Gasteiger partial charge is 0.486 e. The fourth-order valence-electron chi connectivity index (χ4n) is 5.56. The maximum atomic E-state index is 14.3. The molecule has 0 spiro atoms. The summed E-state index contributed by atoms with van der Waals surface area (Å²) in [6, 6.07) is 18.3. The maximum absolute atomic E-state index is 14.3. The fourth-order valence-corrected chi connectivity index (χ4v) is 6.72. The molecule has 5 rings (SSSR count). The van der Waals surface area contributed by atoms with Gasteiger partial charge in [0.05, 0.1) is 22.0 Å².